The molecule has 0 fully saturated rings. The summed E-state index contributed by atoms with van der Waals surface area (Å²) >= 11 is 3.46. The Morgan fingerprint density at radius 1 is 1.10 bits per heavy atom. The molecule has 0 aliphatic rings. The minimum Gasteiger partial charge on any atom is -0.497 e. The Morgan fingerprint density at radius 3 is 2.30 bits per heavy atom. The van der Waals surface area contributed by atoms with Crippen LogP contribution < -0.4 is 9.47 Å². The molecule has 1 N–H and O–H groups in total. The van der Waals surface area contributed by atoms with Gasteiger partial charge in [0.1, 0.15) is 17.6 Å². The van der Waals surface area contributed by atoms with E-state index in [4.69, 9.17) is 9.47 Å². The van der Waals surface area contributed by atoms with Crippen LogP contribution in [0.2, 0.25) is 0 Å². The molecule has 0 heterocycles. The van der Waals surface area contributed by atoms with Crippen molar-refractivity contribution in [1.82, 2.24) is 0 Å². The second kappa shape index (κ2) is 6.77. The van der Waals surface area contributed by atoms with Gasteiger partial charge in [0.05, 0.1) is 13.7 Å². The van der Waals surface area contributed by atoms with Crippen LogP contribution in [0.1, 0.15) is 24.2 Å². The van der Waals surface area contributed by atoms with E-state index in [0.29, 0.717) is 6.61 Å². The van der Waals surface area contributed by atoms with E-state index in [9.17, 15) is 5.11 Å². The summed E-state index contributed by atoms with van der Waals surface area (Å²) in [7, 11) is 1.62. The highest BCUT2D eigenvalue weighted by atomic mass is 79.9. The van der Waals surface area contributed by atoms with Gasteiger partial charge in [-0.3, -0.25) is 0 Å². The van der Waals surface area contributed by atoms with Crippen LogP contribution in [0.4, 0.5) is 0 Å². The van der Waals surface area contributed by atoms with Crippen molar-refractivity contribution in [2.75, 3.05) is 13.7 Å². The van der Waals surface area contributed by atoms with Crippen molar-refractivity contribution in [3.05, 3.63) is 58.1 Å². The van der Waals surface area contributed by atoms with E-state index in [-0.39, 0.29) is 0 Å². The number of hydrogen-bond donors (Lipinski definition) is 1. The molecule has 0 amide bonds. The van der Waals surface area contributed by atoms with E-state index in [1.54, 1.807) is 7.11 Å². The number of hydrogen-bond acceptors (Lipinski definition) is 3. The topological polar surface area (TPSA) is 38.7 Å². The zero-order valence-corrected chi connectivity index (χ0v) is 13.1. The summed E-state index contributed by atoms with van der Waals surface area (Å²) < 4.78 is 11.4. The van der Waals surface area contributed by atoms with Gasteiger partial charge >= 0.3 is 0 Å². The average Bonchev–Trinajstić information content (AvgIpc) is 2.47. The van der Waals surface area contributed by atoms with Crippen LogP contribution >= 0.6 is 15.9 Å². The first-order valence-corrected chi connectivity index (χ1v) is 7.19. The van der Waals surface area contributed by atoms with Crippen molar-refractivity contribution < 1.29 is 14.6 Å². The molecule has 0 bridgehead atoms. The third-order valence-electron chi connectivity index (χ3n) is 3.01. The molecule has 4 heteroatoms. The SMILES string of the molecule is CCOc1ccc(C(O)c2ccc(OC)cc2Br)cc1. The summed E-state index contributed by atoms with van der Waals surface area (Å²) in [5, 5.41) is 10.4. The largest absolute Gasteiger partial charge is 0.497 e. The van der Waals surface area contributed by atoms with Gasteiger partial charge in [-0.05, 0) is 42.3 Å². The Hall–Kier alpha value is -1.52. The Kier molecular flexibility index (Phi) is 5.04. The number of aliphatic hydroxyl groups excluding tert-OH is 1. The molecule has 2 aromatic rings. The molecule has 106 valence electrons. The number of methoxy groups -OCH3 is 1. The smallest absolute Gasteiger partial charge is 0.120 e. The van der Waals surface area contributed by atoms with Crippen molar-refractivity contribution in [2.24, 2.45) is 0 Å². The van der Waals surface area contributed by atoms with E-state index in [1.165, 1.54) is 0 Å². The van der Waals surface area contributed by atoms with E-state index >= 15 is 0 Å². The Balaban J connectivity index is 2.24. The third-order valence-corrected chi connectivity index (χ3v) is 3.70. The normalized spacial score (nSPS) is 12.0. The Labute approximate surface area is 127 Å². The Bertz CT molecular complexity index is 566. The molecule has 0 radical (unpaired) electrons. The summed E-state index contributed by atoms with van der Waals surface area (Å²) in [5.41, 5.74) is 1.62. The van der Waals surface area contributed by atoms with Crippen LogP contribution in [0, 0.1) is 0 Å². The van der Waals surface area contributed by atoms with Gasteiger partial charge in [0.25, 0.3) is 0 Å². The maximum absolute atomic E-state index is 10.4. The lowest BCUT2D eigenvalue weighted by Gasteiger charge is -2.15. The third kappa shape index (κ3) is 3.32. The van der Waals surface area contributed by atoms with Gasteiger partial charge in [-0.25, -0.2) is 0 Å². The van der Waals surface area contributed by atoms with Crippen LogP contribution in [0.5, 0.6) is 11.5 Å². The molecule has 0 aromatic heterocycles. The summed E-state index contributed by atoms with van der Waals surface area (Å²) in [4.78, 5) is 0. The monoisotopic (exact) mass is 336 g/mol. The van der Waals surface area contributed by atoms with E-state index in [1.807, 2.05) is 49.4 Å². The lowest BCUT2D eigenvalue weighted by Crippen LogP contribution is -2.01. The van der Waals surface area contributed by atoms with Gasteiger partial charge in [0, 0.05) is 4.47 Å². The van der Waals surface area contributed by atoms with Gasteiger partial charge in [0.15, 0.2) is 0 Å². The second-order valence-electron chi connectivity index (χ2n) is 4.29. The van der Waals surface area contributed by atoms with E-state index in [2.05, 4.69) is 15.9 Å². The molecular formula is C16H17BrO3. The Morgan fingerprint density at radius 2 is 1.75 bits per heavy atom. The first-order chi connectivity index (χ1) is 9.65. The predicted molar refractivity (Wildman–Crippen MR) is 82.4 cm³/mol. The fraction of sp³-hybridized carbons (Fsp3) is 0.250. The summed E-state index contributed by atoms with van der Waals surface area (Å²) in [6.45, 7) is 2.57. The van der Waals surface area contributed by atoms with E-state index in [0.717, 1.165) is 27.1 Å². The van der Waals surface area contributed by atoms with Gasteiger partial charge in [-0.15, -0.1) is 0 Å². The van der Waals surface area contributed by atoms with Crippen molar-refractivity contribution in [2.45, 2.75) is 13.0 Å². The highest BCUT2D eigenvalue weighted by Gasteiger charge is 2.14. The molecule has 0 aliphatic heterocycles. The standard InChI is InChI=1S/C16H17BrO3/c1-3-20-12-6-4-11(5-7-12)16(18)14-9-8-13(19-2)10-15(14)17/h4-10,16,18H,3H2,1-2H3. The first-order valence-electron chi connectivity index (χ1n) is 6.40. The van der Waals surface area contributed by atoms with Gasteiger partial charge in [-0.1, -0.05) is 34.1 Å². The average molecular weight is 337 g/mol. The highest BCUT2D eigenvalue weighted by Crippen LogP contribution is 2.31. The maximum atomic E-state index is 10.4. The number of rotatable bonds is 5. The van der Waals surface area contributed by atoms with Crippen LogP contribution in [-0.2, 0) is 0 Å². The molecule has 2 aromatic carbocycles. The number of benzene rings is 2. The van der Waals surface area contributed by atoms with Crippen molar-refractivity contribution >= 4 is 15.9 Å². The summed E-state index contributed by atoms with van der Waals surface area (Å²) in [5.74, 6) is 1.55. The fourth-order valence-corrected chi connectivity index (χ4v) is 2.52. The highest BCUT2D eigenvalue weighted by molar-refractivity contribution is 9.10. The predicted octanol–water partition coefficient (Wildman–Crippen LogP) is 3.94. The van der Waals surface area contributed by atoms with Gasteiger partial charge < -0.3 is 14.6 Å². The quantitative estimate of drug-likeness (QED) is 0.898. The molecule has 0 saturated heterocycles. The van der Waals surface area contributed by atoms with Gasteiger partial charge in [-0.2, -0.15) is 0 Å². The van der Waals surface area contributed by atoms with Crippen LogP contribution in [-0.4, -0.2) is 18.8 Å². The number of aliphatic hydroxyl groups is 1. The zero-order valence-electron chi connectivity index (χ0n) is 11.5. The van der Waals surface area contributed by atoms with Crippen LogP contribution in [0.3, 0.4) is 0 Å². The zero-order chi connectivity index (χ0) is 14.5. The lowest BCUT2D eigenvalue weighted by atomic mass is 10.0. The molecule has 20 heavy (non-hydrogen) atoms. The summed E-state index contributed by atoms with van der Waals surface area (Å²) in [6.07, 6.45) is -0.689. The van der Waals surface area contributed by atoms with E-state index < -0.39 is 6.10 Å². The maximum Gasteiger partial charge on any atom is 0.120 e. The lowest BCUT2D eigenvalue weighted by molar-refractivity contribution is 0.219. The molecule has 0 spiro atoms. The fourth-order valence-electron chi connectivity index (χ4n) is 1.95. The first kappa shape index (κ1) is 14.9. The summed E-state index contributed by atoms with van der Waals surface area (Å²) in [6, 6.07) is 13.0. The van der Waals surface area contributed by atoms with Crippen LogP contribution in [0.15, 0.2) is 46.9 Å². The second-order valence-corrected chi connectivity index (χ2v) is 5.15. The number of halogens is 1. The molecule has 2 rings (SSSR count). The molecule has 1 atom stereocenters. The van der Waals surface area contributed by atoms with Crippen molar-refractivity contribution in [3.8, 4) is 11.5 Å². The van der Waals surface area contributed by atoms with Crippen molar-refractivity contribution in [1.29, 1.82) is 0 Å². The minimum atomic E-state index is -0.689. The molecule has 0 saturated carbocycles. The molecule has 1 unspecified atom stereocenters. The molecule has 3 nitrogen and oxygen atoms in total. The van der Waals surface area contributed by atoms with Crippen LogP contribution in [0.25, 0.3) is 0 Å². The van der Waals surface area contributed by atoms with Gasteiger partial charge in [0.2, 0.25) is 0 Å². The number of ether oxygens (including phenoxy) is 2. The molecule has 0 aliphatic carbocycles. The minimum absolute atomic E-state index is 0.631. The van der Waals surface area contributed by atoms with Crippen molar-refractivity contribution in [3.63, 3.8) is 0 Å². The molecular weight excluding hydrogens is 320 g/mol.